The number of hydrogen-bond acceptors (Lipinski definition) is 7. The van der Waals surface area contributed by atoms with Crippen LogP contribution in [0.4, 0.5) is 0 Å². The zero-order valence-corrected chi connectivity index (χ0v) is 18.5. The maximum absolute atomic E-state index is 11.8. The number of fused-ring (bicyclic) bond motifs is 2. The molecule has 0 aliphatic carbocycles. The molecule has 0 radical (unpaired) electrons. The SMILES string of the molecule is COc1cc(-c2cn3c(n2)CN(CC(O)c2ccc4c(c2C)COC4=O)CC3)ccc1C#N. The van der Waals surface area contributed by atoms with E-state index in [-0.39, 0.29) is 12.6 Å². The number of ether oxygens (including phenoxy) is 2. The van der Waals surface area contributed by atoms with Gasteiger partial charge >= 0.3 is 5.97 Å². The Morgan fingerprint density at radius 3 is 2.94 bits per heavy atom. The zero-order chi connectivity index (χ0) is 23.1. The van der Waals surface area contributed by atoms with Crippen LogP contribution in [0.2, 0.25) is 0 Å². The Morgan fingerprint density at radius 1 is 1.30 bits per heavy atom. The molecule has 2 aromatic carbocycles. The summed E-state index contributed by atoms with van der Waals surface area (Å²) in [5, 5.41) is 20.2. The van der Waals surface area contributed by atoms with Gasteiger partial charge in [-0.2, -0.15) is 5.26 Å². The first-order valence-corrected chi connectivity index (χ1v) is 10.8. The third-order valence-electron chi connectivity index (χ3n) is 6.50. The quantitative estimate of drug-likeness (QED) is 0.604. The van der Waals surface area contributed by atoms with E-state index in [0.717, 1.165) is 46.9 Å². The van der Waals surface area contributed by atoms with Crippen molar-refractivity contribution in [2.45, 2.75) is 32.7 Å². The number of β-amino-alcohol motifs (C(OH)–C–C–N with tert-alkyl or cyclic N) is 1. The van der Waals surface area contributed by atoms with Gasteiger partial charge in [-0.1, -0.05) is 12.1 Å². The fourth-order valence-corrected chi connectivity index (χ4v) is 4.61. The van der Waals surface area contributed by atoms with Crippen molar-refractivity contribution in [1.29, 1.82) is 5.26 Å². The Labute approximate surface area is 191 Å². The Kier molecular flexibility index (Phi) is 5.36. The number of methoxy groups -OCH3 is 1. The van der Waals surface area contributed by atoms with Gasteiger partial charge in [0.2, 0.25) is 0 Å². The molecule has 1 N–H and O–H groups in total. The third-order valence-corrected chi connectivity index (χ3v) is 6.50. The molecule has 0 fully saturated rings. The van der Waals surface area contributed by atoms with Crippen LogP contribution in [0.15, 0.2) is 36.5 Å². The Balaban J connectivity index is 1.32. The second-order valence-corrected chi connectivity index (χ2v) is 8.40. The largest absolute Gasteiger partial charge is 0.495 e. The van der Waals surface area contributed by atoms with Crippen LogP contribution in [0, 0.1) is 18.3 Å². The van der Waals surface area contributed by atoms with E-state index in [4.69, 9.17) is 14.5 Å². The number of nitrogens with zero attached hydrogens (tertiary/aromatic N) is 4. The molecule has 8 heteroatoms. The maximum Gasteiger partial charge on any atom is 0.338 e. The monoisotopic (exact) mass is 444 g/mol. The van der Waals surface area contributed by atoms with E-state index in [2.05, 4.69) is 15.5 Å². The summed E-state index contributed by atoms with van der Waals surface area (Å²) in [7, 11) is 1.55. The fraction of sp³-hybridized carbons (Fsp3) is 0.320. The van der Waals surface area contributed by atoms with Crippen molar-refractivity contribution in [3.05, 3.63) is 70.2 Å². The number of carbonyl (C=O) groups excluding carboxylic acids is 1. The molecule has 1 unspecified atom stereocenters. The number of imidazole rings is 1. The summed E-state index contributed by atoms with van der Waals surface area (Å²) in [6.45, 7) is 4.86. The summed E-state index contributed by atoms with van der Waals surface area (Å²) < 4.78 is 12.6. The highest BCUT2D eigenvalue weighted by molar-refractivity contribution is 5.93. The standard InChI is InChI=1S/C25H24N4O4/c1-15-18(5-6-19-20(15)14-33-25(19)31)22(30)12-28-7-8-29-11-21(27-24(29)13-28)16-3-4-17(10-26)23(9-16)32-2/h3-6,9,11,22,30H,7-8,12-14H2,1-2H3. The predicted molar refractivity (Wildman–Crippen MR) is 119 cm³/mol. The lowest BCUT2D eigenvalue weighted by atomic mass is 9.95. The molecule has 0 saturated carbocycles. The molecular formula is C25H24N4O4. The van der Waals surface area contributed by atoms with Crippen molar-refractivity contribution >= 4 is 5.97 Å². The molecule has 0 saturated heterocycles. The average molecular weight is 444 g/mol. The van der Waals surface area contributed by atoms with Crippen LogP contribution in [-0.2, 0) is 24.4 Å². The van der Waals surface area contributed by atoms with Crippen LogP contribution in [0.25, 0.3) is 11.3 Å². The van der Waals surface area contributed by atoms with Crippen molar-refractivity contribution in [1.82, 2.24) is 14.5 Å². The van der Waals surface area contributed by atoms with Gasteiger partial charge in [0, 0.05) is 37.0 Å². The summed E-state index contributed by atoms with van der Waals surface area (Å²) in [5.41, 5.74) is 5.42. The molecule has 33 heavy (non-hydrogen) atoms. The first-order chi connectivity index (χ1) is 16.0. The van der Waals surface area contributed by atoms with E-state index in [9.17, 15) is 15.2 Å². The number of aromatic nitrogens is 2. The van der Waals surface area contributed by atoms with E-state index >= 15 is 0 Å². The Morgan fingerprint density at radius 2 is 2.15 bits per heavy atom. The van der Waals surface area contributed by atoms with Gasteiger partial charge in [-0.05, 0) is 36.2 Å². The number of aliphatic hydroxyl groups is 1. The molecule has 3 aromatic rings. The van der Waals surface area contributed by atoms with Crippen molar-refractivity contribution in [3.63, 3.8) is 0 Å². The van der Waals surface area contributed by atoms with Crippen LogP contribution >= 0.6 is 0 Å². The Bertz CT molecular complexity index is 1290. The van der Waals surface area contributed by atoms with Gasteiger partial charge in [-0.25, -0.2) is 9.78 Å². The minimum atomic E-state index is -0.672. The summed E-state index contributed by atoms with van der Waals surface area (Å²) in [6, 6.07) is 11.2. The lowest BCUT2D eigenvalue weighted by Gasteiger charge is -2.29. The first-order valence-electron chi connectivity index (χ1n) is 10.8. The lowest BCUT2D eigenvalue weighted by molar-refractivity contribution is 0.0535. The van der Waals surface area contributed by atoms with Gasteiger partial charge in [0.15, 0.2) is 0 Å². The smallest absolute Gasteiger partial charge is 0.338 e. The van der Waals surface area contributed by atoms with Crippen molar-refractivity contribution in [3.8, 4) is 23.1 Å². The highest BCUT2D eigenvalue weighted by Crippen LogP contribution is 2.31. The number of rotatable bonds is 5. The highest BCUT2D eigenvalue weighted by atomic mass is 16.5. The minimum Gasteiger partial charge on any atom is -0.495 e. The fourth-order valence-electron chi connectivity index (χ4n) is 4.61. The lowest BCUT2D eigenvalue weighted by Crippen LogP contribution is -2.36. The summed E-state index contributed by atoms with van der Waals surface area (Å²) in [5.74, 6) is 1.16. The number of carbonyl (C=O) groups is 1. The van der Waals surface area contributed by atoms with Gasteiger partial charge in [0.05, 0.1) is 36.6 Å². The summed E-state index contributed by atoms with van der Waals surface area (Å²) in [6.07, 6.45) is 1.35. The number of aliphatic hydroxyl groups excluding tert-OH is 1. The van der Waals surface area contributed by atoms with Gasteiger partial charge in [0.25, 0.3) is 0 Å². The van der Waals surface area contributed by atoms with Crippen LogP contribution < -0.4 is 4.74 Å². The molecule has 5 rings (SSSR count). The number of benzene rings is 2. The topological polar surface area (TPSA) is 101 Å². The second-order valence-electron chi connectivity index (χ2n) is 8.40. The van der Waals surface area contributed by atoms with Crippen molar-refractivity contribution in [2.75, 3.05) is 20.2 Å². The predicted octanol–water partition coefficient (Wildman–Crippen LogP) is 2.96. The molecule has 0 amide bonds. The van der Waals surface area contributed by atoms with Crippen LogP contribution in [0.1, 0.15) is 44.5 Å². The van der Waals surface area contributed by atoms with Crippen LogP contribution in [0.3, 0.4) is 0 Å². The molecular weight excluding hydrogens is 420 g/mol. The molecule has 3 heterocycles. The normalized spacial score (nSPS) is 16.0. The molecule has 1 atom stereocenters. The summed E-state index contributed by atoms with van der Waals surface area (Å²) >= 11 is 0. The first kappa shape index (κ1) is 21.2. The van der Waals surface area contributed by atoms with Crippen molar-refractivity contribution in [2.24, 2.45) is 0 Å². The Hall–Kier alpha value is -3.67. The number of esters is 1. The molecule has 0 spiro atoms. The van der Waals surface area contributed by atoms with Crippen molar-refractivity contribution < 1.29 is 19.4 Å². The highest BCUT2D eigenvalue weighted by Gasteiger charge is 2.27. The molecule has 0 bridgehead atoms. The van der Waals surface area contributed by atoms with E-state index in [1.54, 1.807) is 19.2 Å². The van der Waals surface area contributed by atoms with Crippen LogP contribution in [0.5, 0.6) is 5.75 Å². The molecule has 2 aliphatic rings. The van der Waals surface area contributed by atoms with E-state index in [1.165, 1.54) is 0 Å². The second kappa shape index (κ2) is 8.35. The number of hydrogen-bond donors (Lipinski definition) is 1. The molecule has 1 aromatic heterocycles. The molecule has 8 nitrogen and oxygen atoms in total. The molecule has 168 valence electrons. The van der Waals surface area contributed by atoms with E-state index < -0.39 is 6.10 Å². The van der Waals surface area contributed by atoms with Gasteiger partial charge in [-0.3, -0.25) is 4.90 Å². The van der Waals surface area contributed by atoms with Crippen LogP contribution in [-0.4, -0.2) is 45.7 Å². The van der Waals surface area contributed by atoms with Gasteiger partial charge < -0.3 is 19.1 Å². The number of nitriles is 1. The summed E-state index contributed by atoms with van der Waals surface area (Å²) in [4.78, 5) is 18.8. The van der Waals surface area contributed by atoms with E-state index in [0.29, 0.717) is 30.0 Å². The minimum absolute atomic E-state index is 0.268. The molecule has 2 aliphatic heterocycles. The average Bonchev–Trinajstić information content (AvgIpc) is 3.42. The van der Waals surface area contributed by atoms with Gasteiger partial charge in [-0.15, -0.1) is 0 Å². The van der Waals surface area contributed by atoms with Gasteiger partial charge in [0.1, 0.15) is 24.3 Å². The third kappa shape index (κ3) is 3.75. The zero-order valence-electron chi connectivity index (χ0n) is 18.5. The maximum atomic E-state index is 11.8. The van der Waals surface area contributed by atoms with E-state index in [1.807, 2.05) is 31.3 Å². The number of cyclic esters (lactones) is 1.